The zero-order chi connectivity index (χ0) is 69.0. The molecule has 0 heterocycles. The van der Waals surface area contributed by atoms with E-state index in [1.165, 1.54) is 276 Å². The first-order chi connectivity index (χ1) is 46.6. The number of carbonyl (C=O) groups is 3. The maximum atomic E-state index is 13.0. The molecule has 0 rings (SSSR count). The summed E-state index contributed by atoms with van der Waals surface area (Å²) >= 11 is 0. The van der Waals surface area contributed by atoms with Gasteiger partial charge in [-0.3, -0.25) is 9.59 Å². The Kier molecular flexibility index (Phi) is 73.4. The van der Waals surface area contributed by atoms with Crippen molar-refractivity contribution >= 4 is 17.9 Å². The van der Waals surface area contributed by atoms with Crippen LogP contribution < -0.4 is 0 Å². The van der Waals surface area contributed by atoms with Crippen LogP contribution in [0.4, 0.5) is 0 Å². The Hall–Kier alpha value is -3.53. The second-order valence-electron chi connectivity index (χ2n) is 28.7. The number of unbranched alkanes of at least 4 members (excludes halogenated alkanes) is 47. The first-order valence-electron chi connectivity index (χ1n) is 40.8. The van der Waals surface area contributed by atoms with Crippen LogP contribution in [0.3, 0.4) is 0 Å². The summed E-state index contributed by atoms with van der Waals surface area (Å²) in [6.45, 7) is 4.81. The van der Waals surface area contributed by atoms with Crippen LogP contribution >= 0.6 is 0 Å². The molecular formula is C86H156NO8+. The lowest BCUT2D eigenvalue weighted by molar-refractivity contribution is -0.870. The fourth-order valence-electron chi connectivity index (χ4n) is 12.0. The molecule has 552 valence electrons. The van der Waals surface area contributed by atoms with Crippen LogP contribution in [0.15, 0.2) is 85.1 Å². The van der Waals surface area contributed by atoms with E-state index in [-0.39, 0.29) is 32.2 Å². The maximum Gasteiger partial charge on any atom is 0.361 e. The van der Waals surface area contributed by atoms with Gasteiger partial charge in [0.05, 0.1) is 34.4 Å². The fourth-order valence-corrected chi connectivity index (χ4v) is 12.0. The highest BCUT2D eigenvalue weighted by Gasteiger charge is 2.25. The molecule has 0 spiro atoms. The van der Waals surface area contributed by atoms with Crippen molar-refractivity contribution in [1.82, 2.24) is 0 Å². The van der Waals surface area contributed by atoms with Gasteiger partial charge in [-0.05, 0) is 89.9 Å². The third-order valence-electron chi connectivity index (χ3n) is 18.1. The fraction of sp³-hybridized carbons (Fsp3) is 0.802. The number of allylic oxidation sites excluding steroid dienone is 14. The zero-order valence-corrected chi connectivity index (χ0v) is 63.3. The minimum absolute atomic E-state index is 0.182. The number of hydrogen-bond acceptors (Lipinski definition) is 7. The first-order valence-corrected chi connectivity index (χ1v) is 40.8. The Labute approximate surface area is 589 Å². The van der Waals surface area contributed by atoms with Crippen molar-refractivity contribution in [1.29, 1.82) is 0 Å². The highest BCUT2D eigenvalue weighted by atomic mass is 16.7. The molecule has 0 aliphatic rings. The Balaban J connectivity index is 3.98. The summed E-state index contributed by atoms with van der Waals surface area (Å²) in [5.74, 6) is -1.99. The largest absolute Gasteiger partial charge is 0.477 e. The van der Waals surface area contributed by atoms with Gasteiger partial charge in [-0.15, -0.1) is 0 Å². The van der Waals surface area contributed by atoms with Gasteiger partial charge in [0.1, 0.15) is 13.2 Å². The number of carboxylic acids is 1. The molecule has 0 amide bonds. The molecule has 0 aliphatic heterocycles. The second-order valence-corrected chi connectivity index (χ2v) is 28.7. The van der Waals surface area contributed by atoms with Gasteiger partial charge in [-0.1, -0.05) is 369 Å². The van der Waals surface area contributed by atoms with Crippen molar-refractivity contribution in [3.63, 3.8) is 0 Å². The molecule has 9 nitrogen and oxygen atoms in total. The monoisotopic (exact) mass is 1330 g/mol. The molecule has 2 atom stereocenters. The highest BCUT2D eigenvalue weighted by molar-refractivity contribution is 5.71. The lowest BCUT2D eigenvalue weighted by atomic mass is 10.0. The standard InChI is InChI=1S/C86H155NO8/c1-6-8-10-12-14-16-18-20-22-24-26-28-30-32-34-36-38-39-40-41-42-43-44-45-47-48-50-52-54-56-58-60-62-64-66-68-70-72-74-76-83(88)93-80-82(81-94-86(85(90)91)92-79-78-87(3,4)5)95-84(89)77-75-73-71-69-67-65-63-61-59-57-55-53-51-49-46-37-35-33-31-29-27-25-23-21-19-17-15-13-11-9-7-2/h9,11,15,17,21,23-24,26-27,29,33,35,46,49,82,86H,6-8,10,12-14,16,18-20,22,25,28,30-32,34,36-45,47-48,50-81H2,1-5H3/p+1/b11-9-,17-15-,23-21-,26-24-,29-27-,35-33-,49-46-. The molecule has 95 heavy (non-hydrogen) atoms. The number of hydrogen-bond donors (Lipinski definition) is 1. The molecule has 1 N–H and O–H groups in total. The van der Waals surface area contributed by atoms with E-state index in [4.69, 9.17) is 18.9 Å². The average Bonchev–Trinajstić information content (AvgIpc) is 3.24. The number of rotatable bonds is 76. The van der Waals surface area contributed by atoms with E-state index in [1.54, 1.807) is 0 Å². The van der Waals surface area contributed by atoms with Crippen LogP contribution in [0.25, 0.3) is 0 Å². The van der Waals surface area contributed by atoms with Gasteiger partial charge in [-0.25, -0.2) is 4.79 Å². The van der Waals surface area contributed by atoms with E-state index in [0.29, 0.717) is 17.4 Å². The number of quaternary nitrogens is 1. The average molecular weight is 1330 g/mol. The molecular weight excluding hydrogens is 1170 g/mol. The topological polar surface area (TPSA) is 108 Å². The minimum atomic E-state index is -1.51. The molecule has 0 aromatic heterocycles. The van der Waals surface area contributed by atoms with Crippen LogP contribution in [0, 0.1) is 0 Å². The molecule has 0 aromatic carbocycles. The normalized spacial score (nSPS) is 13.1. The molecule has 0 radical (unpaired) electrons. The quantitative estimate of drug-likeness (QED) is 0.0211. The summed E-state index contributed by atoms with van der Waals surface area (Å²) in [5.41, 5.74) is 0. The first kappa shape index (κ1) is 91.5. The lowest BCUT2D eigenvalue weighted by Gasteiger charge is -2.25. The van der Waals surface area contributed by atoms with Crippen LogP contribution in [-0.2, 0) is 33.3 Å². The number of ether oxygens (including phenoxy) is 4. The number of aliphatic carboxylic acids is 1. The minimum Gasteiger partial charge on any atom is -0.477 e. The van der Waals surface area contributed by atoms with E-state index < -0.39 is 24.3 Å². The predicted molar refractivity (Wildman–Crippen MR) is 410 cm³/mol. The predicted octanol–water partition coefficient (Wildman–Crippen LogP) is 26.2. The van der Waals surface area contributed by atoms with E-state index in [2.05, 4.69) is 98.9 Å². The molecule has 0 saturated carbocycles. The van der Waals surface area contributed by atoms with Gasteiger partial charge in [0.2, 0.25) is 0 Å². The summed E-state index contributed by atoms with van der Waals surface area (Å²) in [6.07, 6.45) is 102. The summed E-state index contributed by atoms with van der Waals surface area (Å²) < 4.78 is 23.1. The van der Waals surface area contributed by atoms with E-state index in [1.807, 2.05) is 21.1 Å². The summed E-state index contributed by atoms with van der Waals surface area (Å²) in [7, 11) is 5.99. The number of likely N-dealkylation sites (N-methyl/N-ethyl adjacent to an activating group) is 1. The van der Waals surface area contributed by atoms with Crippen molar-refractivity contribution in [3.8, 4) is 0 Å². The van der Waals surface area contributed by atoms with Crippen molar-refractivity contribution in [2.75, 3.05) is 47.5 Å². The summed E-state index contributed by atoms with van der Waals surface area (Å²) in [4.78, 5) is 37.7. The van der Waals surface area contributed by atoms with Gasteiger partial charge in [0, 0.05) is 12.8 Å². The van der Waals surface area contributed by atoms with E-state index in [9.17, 15) is 19.5 Å². The molecule has 9 heteroatoms. The van der Waals surface area contributed by atoms with E-state index in [0.717, 1.165) is 83.5 Å². The number of esters is 2. The van der Waals surface area contributed by atoms with Gasteiger partial charge in [0.25, 0.3) is 6.29 Å². The molecule has 0 bridgehead atoms. The van der Waals surface area contributed by atoms with Crippen molar-refractivity contribution in [2.45, 2.75) is 399 Å². The number of carboxylic acid groups (broad SMARTS) is 1. The SMILES string of the molecule is CC/C=C\C/C=C\C/C=C\C/C=C\C/C=C\C/C=C\CCCCCCCCCCCCCCC(=O)OC(COC(=O)CCCCCCCCCCCCCCCCCCCCCCCCCCCCC/C=C\CCCCCCCCCC)COC(OCC[N+](C)(C)C)C(=O)O. The number of carbonyl (C=O) groups excluding carboxylic acids is 2. The van der Waals surface area contributed by atoms with Gasteiger partial charge >= 0.3 is 17.9 Å². The van der Waals surface area contributed by atoms with Crippen molar-refractivity contribution < 1.29 is 42.9 Å². The Bertz CT molecular complexity index is 1840. The van der Waals surface area contributed by atoms with Crippen LogP contribution in [0.5, 0.6) is 0 Å². The van der Waals surface area contributed by atoms with E-state index >= 15 is 0 Å². The van der Waals surface area contributed by atoms with Crippen LogP contribution in [0.1, 0.15) is 386 Å². The Morgan fingerprint density at radius 3 is 0.905 bits per heavy atom. The second kappa shape index (κ2) is 76.2. The Morgan fingerprint density at radius 2 is 0.600 bits per heavy atom. The highest BCUT2D eigenvalue weighted by Crippen LogP contribution is 2.19. The van der Waals surface area contributed by atoms with Crippen LogP contribution in [-0.4, -0.2) is 87.4 Å². The van der Waals surface area contributed by atoms with Crippen molar-refractivity contribution in [2.24, 2.45) is 0 Å². The molecule has 2 unspecified atom stereocenters. The molecule has 0 aromatic rings. The van der Waals surface area contributed by atoms with Gasteiger partial charge in [-0.2, -0.15) is 0 Å². The molecule has 0 saturated heterocycles. The third kappa shape index (κ3) is 77.7. The molecule has 0 aliphatic carbocycles. The maximum absolute atomic E-state index is 13.0. The van der Waals surface area contributed by atoms with Crippen molar-refractivity contribution in [3.05, 3.63) is 85.1 Å². The summed E-state index contributed by atoms with van der Waals surface area (Å²) in [6, 6.07) is 0. The third-order valence-corrected chi connectivity index (χ3v) is 18.1. The lowest BCUT2D eigenvalue weighted by Crippen LogP contribution is -2.40. The zero-order valence-electron chi connectivity index (χ0n) is 63.3. The molecule has 0 fully saturated rings. The summed E-state index contributed by atoms with van der Waals surface area (Å²) in [5, 5.41) is 9.77. The van der Waals surface area contributed by atoms with Crippen LogP contribution in [0.2, 0.25) is 0 Å². The smallest absolute Gasteiger partial charge is 0.361 e. The van der Waals surface area contributed by atoms with Gasteiger partial charge in [0.15, 0.2) is 6.10 Å². The number of nitrogens with zero attached hydrogens (tertiary/aromatic N) is 1. The Morgan fingerprint density at radius 1 is 0.326 bits per heavy atom. The van der Waals surface area contributed by atoms with Gasteiger partial charge < -0.3 is 28.5 Å².